The fourth-order valence-corrected chi connectivity index (χ4v) is 5.36. The second kappa shape index (κ2) is 10.8. The molecule has 36 heavy (non-hydrogen) atoms. The van der Waals surface area contributed by atoms with E-state index in [1.807, 2.05) is 6.07 Å². The average Bonchev–Trinajstić information content (AvgIpc) is 3.42. The lowest BCUT2D eigenvalue weighted by molar-refractivity contribution is -0.142. The third kappa shape index (κ3) is 5.72. The highest BCUT2D eigenvalue weighted by Crippen LogP contribution is 2.48. The molecule has 1 aromatic carbocycles. The molecule has 1 aromatic heterocycles. The largest absolute Gasteiger partial charge is 0.378 e. The SMILES string of the molecule is COC1CN(C(=O)Cc2ccc(COCC3CC3C3CCN(c4nc(C(C)C)no4)CC3)c(F)c2)C1. The minimum absolute atomic E-state index is 0.00899. The Hall–Kier alpha value is -2.52. The lowest BCUT2D eigenvalue weighted by Crippen LogP contribution is -2.54. The number of anilines is 1. The van der Waals surface area contributed by atoms with Crippen LogP contribution in [0.2, 0.25) is 0 Å². The highest BCUT2D eigenvalue weighted by Gasteiger charge is 2.44. The van der Waals surface area contributed by atoms with Gasteiger partial charge in [-0.3, -0.25) is 4.79 Å². The molecule has 5 rings (SSSR count). The van der Waals surface area contributed by atoms with Crippen molar-refractivity contribution in [2.24, 2.45) is 17.8 Å². The van der Waals surface area contributed by atoms with Gasteiger partial charge in [-0.25, -0.2) is 4.39 Å². The molecule has 1 amide bonds. The molecule has 3 aliphatic rings. The van der Waals surface area contributed by atoms with Crippen molar-refractivity contribution in [3.63, 3.8) is 0 Å². The first kappa shape index (κ1) is 25.1. The number of likely N-dealkylation sites (tertiary alicyclic amines) is 1. The Morgan fingerprint density at radius 1 is 1.25 bits per heavy atom. The predicted molar refractivity (Wildman–Crippen MR) is 132 cm³/mol. The number of halogens is 1. The van der Waals surface area contributed by atoms with Crippen LogP contribution in [0.15, 0.2) is 22.7 Å². The van der Waals surface area contributed by atoms with Gasteiger partial charge in [-0.15, -0.1) is 0 Å². The van der Waals surface area contributed by atoms with Crippen LogP contribution < -0.4 is 4.90 Å². The minimum atomic E-state index is -0.306. The summed E-state index contributed by atoms with van der Waals surface area (Å²) in [5.41, 5.74) is 1.23. The van der Waals surface area contributed by atoms with Crippen molar-refractivity contribution in [2.75, 3.05) is 44.8 Å². The number of carbonyl (C=O) groups excluding carboxylic acids is 1. The van der Waals surface area contributed by atoms with E-state index < -0.39 is 0 Å². The quantitative estimate of drug-likeness (QED) is 0.491. The third-order valence-electron chi connectivity index (χ3n) is 7.94. The number of ether oxygens (including phenoxy) is 2. The molecule has 2 saturated heterocycles. The Balaban J connectivity index is 1.01. The lowest BCUT2D eigenvalue weighted by Gasteiger charge is -2.38. The molecule has 1 aliphatic carbocycles. The number of benzene rings is 1. The Labute approximate surface area is 212 Å². The summed E-state index contributed by atoms with van der Waals surface area (Å²) in [6, 6.07) is 5.68. The molecule has 2 atom stereocenters. The predicted octanol–water partition coefficient (Wildman–Crippen LogP) is 3.80. The smallest absolute Gasteiger partial charge is 0.324 e. The Morgan fingerprint density at radius 2 is 2.03 bits per heavy atom. The maximum absolute atomic E-state index is 14.6. The van der Waals surface area contributed by atoms with E-state index in [-0.39, 0.29) is 36.8 Å². The highest BCUT2D eigenvalue weighted by molar-refractivity contribution is 5.79. The molecule has 2 aromatic rings. The first-order chi connectivity index (χ1) is 17.4. The van der Waals surface area contributed by atoms with Gasteiger partial charge in [-0.1, -0.05) is 31.1 Å². The first-order valence-corrected chi connectivity index (χ1v) is 13.2. The van der Waals surface area contributed by atoms with Crippen molar-refractivity contribution >= 4 is 11.9 Å². The van der Waals surface area contributed by atoms with Crippen molar-refractivity contribution in [3.8, 4) is 0 Å². The van der Waals surface area contributed by atoms with Gasteiger partial charge in [0.2, 0.25) is 5.91 Å². The number of aromatic nitrogens is 2. The summed E-state index contributed by atoms with van der Waals surface area (Å²) in [4.78, 5) is 20.8. The summed E-state index contributed by atoms with van der Waals surface area (Å²) in [7, 11) is 1.65. The molecule has 2 aliphatic heterocycles. The third-order valence-corrected chi connectivity index (χ3v) is 7.94. The second-order valence-corrected chi connectivity index (χ2v) is 10.8. The van der Waals surface area contributed by atoms with Crippen LogP contribution in [0.3, 0.4) is 0 Å². The highest BCUT2D eigenvalue weighted by atomic mass is 19.1. The number of carbonyl (C=O) groups is 1. The lowest BCUT2D eigenvalue weighted by atomic mass is 9.91. The maximum Gasteiger partial charge on any atom is 0.324 e. The van der Waals surface area contributed by atoms with Crippen molar-refractivity contribution in [3.05, 3.63) is 41.0 Å². The Bertz CT molecular complexity index is 1050. The van der Waals surface area contributed by atoms with E-state index in [1.54, 1.807) is 18.1 Å². The monoisotopic (exact) mass is 500 g/mol. The van der Waals surface area contributed by atoms with E-state index in [1.165, 1.54) is 12.5 Å². The van der Waals surface area contributed by atoms with Crippen molar-refractivity contribution in [1.82, 2.24) is 15.0 Å². The molecule has 3 fully saturated rings. The van der Waals surface area contributed by atoms with Gasteiger partial charge in [0.25, 0.3) is 0 Å². The number of rotatable bonds is 10. The van der Waals surface area contributed by atoms with E-state index in [9.17, 15) is 9.18 Å². The zero-order chi connectivity index (χ0) is 25.2. The van der Waals surface area contributed by atoms with Crippen LogP contribution in [0, 0.1) is 23.6 Å². The molecule has 0 spiro atoms. The molecule has 8 nitrogen and oxygen atoms in total. The molecular weight excluding hydrogens is 463 g/mol. The van der Waals surface area contributed by atoms with Gasteiger partial charge in [-0.2, -0.15) is 4.98 Å². The van der Waals surface area contributed by atoms with Crippen molar-refractivity contribution in [2.45, 2.75) is 58.2 Å². The minimum Gasteiger partial charge on any atom is -0.378 e. The molecule has 0 bridgehead atoms. The van der Waals surface area contributed by atoms with E-state index in [0.717, 1.165) is 31.8 Å². The molecule has 0 N–H and O–H groups in total. The van der Waals surface area contributed by atoms with Crippen molar-refractivity contribution < 1.29 is 23.2 Å². The molecule has 3 heterocycles. The molecule has 196 valence electrons. The number of nitrogens with zero attached hydrogens (tertiary/aromatic N) is 4. The summed E-state index contributed by atoms with van der Waals surface area (Å²) >= 11 is 0. The maximum atomic E-state index is 14.6. The van der Waals surface area contributed by atoms with E-state index >= 15 is 0 Å². The van der Waals surface area contributed by atoms with Gasteiger partial charge >= 0.3 is 6.01 Å². The number of amides is 1. The standard InChI is InChI=1S/C27H37FN4O4/c1-17(2)26-29-27(36-30-26)31-8-6-19(7-9-31)23-12-21(23)16-35-15-20-5-4-18(10-24(20)28)11-25(33)32-13-22(14-32)34-3/h4-5,10,17,19,21-23H,6-9,11-16H2,1-3H3. The van der Waals surface area contributed by atoms with E-state index in [4.69, 9.17) is 14.0 Å². The van der Waals surface area contributed by atoms with E-state index in [0.29, 0.717) is 54.6 Å². The topological polar surface area (TPSA) is 80.9 Å². The number of piperidine rings is 1. The van der Waals surface area contributed by atoms with Gasteiger partial charge in [0.1, 0.15) is 5.82 Å². The zero-order valence-corrected chi connectivity index (χ0v) is 21.5. The van der Waals surface area contributed by atoms with Gasteiger partial charge in [0, 0.05) is 44.8 Å². The van der Waals surface area contributed by atoms with E-state index in [2.05, 4.69) is 28.9 Å². The molecule has 1 saturated carbocycles. The average molecular weight is 501 g/mol. The fourth-order valence-electron chi connectivity index (χ4n) is 5.36. The zero-order valence-electron chi connectivity index (χ0n) is 21.5. The van der Waals surface area contributed by atoms with Crippen LogP contribution in [0.1, 0.15) is 56.0 Å². The summed E-state index contributed by atoms with van der Waals surface area (Å²) in [5.74, 6) is 2.68. The van der Waals surface area contributed by atoms with Crippen molar-refractivity contribution in [1.29, 1.82) is 0 Å². The summed E-state index contributed by atoms with van der Waals surface area (Å²) in [6.45, 7) is 8.17. The van der Waals surface area contributed by atoms with Gasteiger partial charge in [0.15, 0.2) is 5.82 Å². The Kier molecular flexibility index (Phi) is 7.57. The van der Waals surface area contributed by atoms with Crippen LogP contribution in [-0.4, -0.2) is 66.9 Å². The van der Waals surface area contributed by atoms with Crippen LogP contribution >= 0.6 is 0 Å². The molecule has 0 radical (unpaired) electrons. The number of hydrogen-bond donors (Lipinski definition) is 0. The van der Waals surface area contributed by atoms with Crippen LogP contribution in [0.4, 0.5) is 10.4 Å². The van der Waals surface area contributed by atoms with Gasteiger partial charge in [-0.05, 0) is 48.6 Å². The summed E-state index contributed by atoms with van der Waals surface area (Å²) < 4.78 is 31.1. The van der Waals surface area contributed by atoms with Crippen LogP contribution in [-0.2, 0) is 27.3 Å². The van der Waals surface area contributed by atoms with Crippen LogP contribution in [0.5, 0.6) is 0 Å². The van der Waals surface area contributed by atoms with Crippen LogP contribution in [0.25, 0.3) is 0 Å². The van der Waals surface area contributed by atoms with Gasteiger partial charge < -0.3 is 23.8 Å². The molecule has 9 heteroatoms. The summed E-state index contributed by atoms with van der Waals surface area (Å²) in [5, 5.41) is 4.08. The summed E-state index contributed by atoms with van der Waals surface area (Å²) in [6.07, 6.45) is 3.77. The number of methoxy groups -OCH3 is 1. The Morgan fingerprint density at radius 3 is 2.69 bits per heavy atom. The molecular formula is C27H37FN4O4. The first-order valence-electron chi connectivity index (χ1n) is 13.2. The normalized spacial score (nSPS) is 22.8. The molecule has 2 unspecified atom stereocenters. The number of hydrogen-bond acceptors (Lipinski definition) is 7. The second-order valence-electron chi connectivity index (χ2n) is 10.8. The fraction of sp³-hybridized carbons (Fsp3) is 0.667. The van der Waals surface area contributed by atoms with Gasteiger partial charge in [0.05, 0.1) is 25.7 Å².